The van der Waals surface area contributed by atoms with Gasteiger partial charge < -0.3 is 5.11 Å². The van der Waals surface area contributed by atoms with Crippen molar-refractivity contribution in [2.24, 2.45) is 0 Å². The van der Waals surface area contributed by atoms with Gasteiger partial charge in [-0.2, -0.15) is 0 Å². The summed E-state index contributed by atoms with van der Waals surface area (Å²) < 4.78 is 0. The van der Waals surface area contributed by atoms with Gasteiger partial charge in [0.2, 0.25) is 0 Å². The van der Waals surface area contributed by atoms with Crippen LogP contribution in [0.4, 0.5) is 0 Å². The van der Waals surface area contributed by atoms with Crippen LogP contribution in [0.1, 0.15) is 15.9 Å². The Morgan fingerprint density at radius 3 is 2.26 bits per heavy atom. The van der Waals surface area contributed by atoms with Gasteiger partial charge in [-0.3, -0.25) is 4.79 Å². The summed E-state index contributed by atoms with van der Waals surface area (Å²) in [4.78, 5) is 23.4. The van der Waals surface area contributed by atoms with Crippen LogP contribution < -0.4 is 0 Å². The van der Waals surface area contributed by atoms with Crippen LogP contribution in [0.15, 0.2) is 59.5 Å². The average molecular weight is 272 g/mol. The molecule has 0 aliphatic rings. The Kier molecular flexibility index (Phi) is 4.36. The van der Waals surface area contributed by atoms with E-state index in [0.717, 1.165) is 17.3 Å². The number of carbonyl (C=O) groups excluding carboxylic acids is 1. The lowest BCUT2D eigenvalue weighted by Crippen LogP contribution is -2.02. The Balaban J connectivity index is 2.09. The van der Waals surface area contributed by atoms with Gasteiger partial charge in [0.15, 0.2) is 5.12 Å². The Labute approximate surface area is 115 Å². The topological polar surface area (TPSA) is 54.4 Å². The van der Waals surface area contributed by atoms with Crippen molar-refractivity contribution < 1.29 is 14.7 Å². The zero-order valence-corrected chi connectivity index (χ0v) is 10.9. The van der Waals surface area contributed by atoms with E-state index in [-0.39, 0.29) is 10.7 Å². The normalized spacial score (nSPS) is 10.1. The molecule has 0 spiro atoms. The van der Waals surface area contributed by atoms with Crippen LogP contribution in [0.3, 0.4) is 0 Å². The Morgan fingerprint density at radius 2 is 1.58 bits per heavy atom. The Hall–Kier alpha value is -2.07. The number of benzene rings is 2. The highest BCUT2D eigenvalue weighted by molar-refractivity contribution is 8.13. The predicted molar refractivity (Wildman–Crippen MR) is 74.4 cm³/mol. The quantitative estimate of drug-likeness (QED) is 0.868. The summed E-state index contributed by atoms with van der Waals surface area (Å²) in [6, 6.07) is 15.9. The molecule has 0 unspecified atom stereocenters. The minimum atomic E-state index is -1.02. The van der Waals surface area contributed by atoms with Crippen molar-refractivity contribution in [1.29, 1.82) is 0 Å². The molecule has 19 heavy (non-hydrogen) atoms. The summed E-state index contributed by atoms with van der Waals surface area (Å²) >= 11 is 0.974. The van der Waals surface area contributed by atoms with Crippen LogP contribution in [-0.4, -0.2) is 16.2 Å². The van der Waals surface area contributed by atoms with Crippen LogP contribution >= 0.6 is 11.8 Å². The van der Waals surface area contributed by atoms with E-state index in [9.17, 15) is 9.59 Å². The SMILES string of the molecule is O=C(Cc1ccccc1)Sc1ccccc1C(=O)O. The smallest absolute Gasteiger partial charge is 0.336 e. The van der Waals surface area contributed by atoms with Gasteiger partial charge in [0.05, 0.1) is 5.56 Å². The highest BCUT2D eigenvalue weighted by Gasteiger charge is 2.13. The molecule has 0 aromatic heterocycles. The first-order valence-electron chi connectivity index (χ1n) is 5.74. The lowest BCUT2D eigenvalue weighted by Gasteiger charge is -2.04. The first-order valence-corrected chi connectivity index (χ1v) is 6.55. The number of rotatable bonds is 4. The third kappa shape index (κ3) is 3.69. The summed E-state index contributed by atoms with van der Waals surface area (Å²) in [6.07, 6.45) is 0.291. The van der Waals surface area contributed by atoms with Gasteiger partial charge in [0.25, 0.3) is 0 Å². The highest BCUT2D eigenvalue weighted by Crippen LogP contribution is 2.24. The first-order chi connectivity index (χ1) is 9.16. The third-order valence-corrected chi connectivity index (χ3v) is 3.48. The second kappa shape index (κ2) is 6.20. The van der Waals surface area contributed by atoms with Crippen LogP contribution in [-0.2, 0) is 11.2 Å². The molecule has 0 aliphatic heterocycles. The van der Waals surface area contributed by atoms with Crippen LogP contribution in [0.2, 0.25) is 0 Å². The fraction of sp³-hybridized carbons (Fsp3) is 0.0667. The monoisotopic (exact) mass is 272 g/mol. The zero-order chi connectivity index (χ0) is 13.7. The first kappa shape index (κ1) is 13.4. The molecule has 0 amide bonds. The lowest BCUT2D eigenvalue weighted by atomic mass is 10.2. The molecular formula is C15H12O3S. The number of hydrogen-bond donors (Lipinski definition) is 1. The molecule has 4 heteroatoms. The molecule has 2 aromatic carbocycles. The average Bonchev–Trinajstić information content (AvgIpc) is 2.40. The van der Waals surface area contributed by atoms with E-state index in [1.807, 2.05) is 30.3 Å². The Bertz CT molecular complexity index is 593. The molecule has 0 aliphatic carbocycles. The fourth-order valence-corrected chi connectivity index (χ4v) is 2.55. The number of hydrogen-bond acceptors (Lipinski definition) is 3. The van der Waals surface area contributed by atoms with E-state index >= 15 is 0 Å². The van der Waals surface area contributed by atoms with Crippen molar-refractivity contribution in [2.75, 3.05) is 0 Å². The van der Waals surface area contributed by atoms with E-state index in [1.54, 1.807) is 18.2 Å². The summed E-state index contributed by atoms with van der Waals surface area (Å²) in [6.45, 7) is 0. The molecule has 0 radical (unpaired) electrons. The van der Waals surface area contributed by atoms with Gasteiger partial charge in [0, 0.05) is 11.3 Å². The molecule has 0 bridgehead atoms. The largest absolute Gasteiger partial charge is 0.478 e. The van der Waals surface area contributed by atoms with Gasteiger partial charge >= 0.3 is 5.97 Å². The highest BCUT2D eigenvalue weighted by atomic mass is 32.2. The number of carbonyl (C=O) groups is 2. The summed E-state index contributed by atoms with van der Waals surface area (Å²) in [5.74, 6) is -1.02. The molecule has 0 fully saturated rings. The van der Waals surface area contributed by atoms with Crippen LogP contribution in [0, 0.1) is 0 Å². The number of carboxylic acids is 1. The maximum atomic E-state index is 11.9. The molecular weight excluding hydrogens is 260 g/mol. The molecule has 0 heterocycles. The van der Waals surface area contributed by atoms with Crippen molar-refractivity contribution in [3.63, 3.8) is 0 Å². The van der Waals surface area contributed by atoms with Gasteiger partial charge in [-0.15, -0.1) is 0 Å². The van der Waals surface area contributed by atoms with Crippen molar-refractivity contribution in [3.8, 4) is 0 Å². The number of thioether (sulfide) groups is 1. The van der Waals surface area contributed by atoms with Crippen LogP contribution in [0.25, 0.3) is 0 Å². The molecule has 0 atom stereocenters. The molecule has 2 aromatic rings. The maximum Gasteiger partial charge on any atom is 0.336 e. The third-order valence-electron chi connectivity index (χ3n) is 2.53. The van der Waals surface area contributed by atoms with Crippen molar-refractivity contribution >= 4 is 22.8 Å². The van der Waals surface area contributed by atoms with Crippen molar-refractivity contribution in [2.45, 2.75) is 11.3 Å². The van der Waals surface area contributed by atoms with Gasteiger partial charge in [0.1, 0.15) is 0 Å². The van der Waals surface area contributed by atoms with E-state index in [0.29, 0.717) is 11.3 Å². The number of aromatic carboxylic acids is 1. The molecule has 2 rings (SSSR count). The summed E-state index contributed by atoms with van der Waals surface area (Å²) in [5, 5.41) is 8.97. The maximum absolute atomic E-state index is 11.9. The van der Waals surface area contributed by atoms with Gasteiger partial charge in [-0.1, -0.05) is 54.2 Å². The zero-order valence-electron chi connectivity index (χ0n) is 10.1. The Morgan fingerprint density at radius 1 is 0.947 bits per heavy atom. The van der Waals surface area contributed by atoms with Crippen LogP contribution in [0.5, 0.6) is 0 Å². The van der Waals surface area contributed by atoms with Gasteiger partial charge in [-0.25, -0.2) is 4.79 Å². The van der Waals surface area contributed by atoms with Crippen molar-refractivity contribution in [3.05, 3.63) is 65.7 Å². The minimum absolute atomic E-state index is 0.0695. The predicted octanol–water partition coefficient (Wildman–Crippen LogP) is 3.25. The standard InChI is InChI=1S/C15H12O3S/c16-14(10-11-6-2-1-3-7-11)19-13-9-5-4-8-12(13)15(17)18/h1-9H,10H2,(H,17,18). The van der Waals surface area contributed by atoms with E-state index < -0.39 is 5.97 Å². The van der Waals surface area contributed by atoms with E-state index in [1.165, 1.54) is 6.07 Å². The summed E-state index contributed by atoms with van der Waals surface area (Å²) in [5.41, 5.74) is 1.08. The minimum Gasteiger partial charge on any atom is -0.478 e. The number of carboxylic acid groups (broad SMARTS) is 1. The molecule has 96 valence electrons. The molecule has 0 saturated heterocycles. The second-order valence-corrected chi connectivity index (χ2v) is 5.04. The lowest BCUT2D eigenvalue weighted by molar-refractivity contribution is -0.110. The van der Waals surface area contributed by atoms with Crippen molar-refractivity contribution in [1.82, 2.24) is 0 Å². The van der Waals surface area contributed by atoms with E-state index in [2.05, 4.69) is 0 Å². The summed E-state index contributed by atoms with van der Waals surface area (Å²) in [7, 11) is 0. The molecule has 1 N–H and O–H groups in total. The van der Waals surface area contributed by atoms with E-state index in [4.69, 9.17) is 5.11 Å². The fourth-order valence-electron chi connectivity index (χ4n) is 1.65. The molecule has 3 nitrogen and oxygen atoms in total. The molecule has 0 saturated carbocycles. The van der Waals surface area contributed by atoms with Gasteiger partial charge in [-0.05, 0) is 17.7 Å². The second-order valence-electron chi connectivity index (χ2n) is 3.94.